The summed E-state index contributed by atoms with van der Waals surface area (Å²) in [5.74, 6) is 0.764. The topological polar surface area (TPSA) is 66.4 Å². The summed E-state index contributed by atoms with van der Waals surface area (Å²) in [5.41, 5.74) is 0.748. The summed E-state index contributed by atoms with van der Waals surface area (Å²) in [6.45, 7) is 2.71. The van der Waals surface area contributed by atoms with E-state index in [2.05, 4.69) is 12.2 Å². The molecule has 20 heavy (non-hydrogen) atoms. The van der Waals surface area contributed by atoms with E-state index in [9.17, 15) is 13.5 Å². The van der Waals surface area contributed by atoms with Gasteiger partial charge in [0.25, 0.3) is 0 Å². The van der Waals surface area contributed by atoms with Gasteiger partial charge in [-0.1, -0.05) is 25.5 Å². The van der Waals surface area contributed by atoms with Gasteiger partial charge in [-0.2, -0.15) is 0 Å². The van der Waals surface area contributed by atoms with Gasteiger partial charge in [-0.15, -0.1) is 0 Å². The Morgan fingerprint density at radius 2 is 2.00 bits per heavy atom. The zero-order valence-electron chi connectivity index (χ0n) is 12.0. The summed E-state index contributed by atoms with van der Waals surface area (Å²) in [6.07, 6.45) is 4.25. The number of nitrogens with one attached hydrogen (secondary N) is 1. The highest BCUT2D eigenvalue weighted by atomic mass is 32.2. The van der Waals surface area contributed by atoms with Crippen LogP contribution in [0.5, 0.6) is 0 Å². The minimum atomic E-state index is -3.17. The lowest BCUT2D eigenvalue weighted by molar-refractivity contribution is 0.173. The SMILES string of the molecule is CCCC1CC1NCC(O)c1ccc(S(C)(=O)=O)cc1. The van der Waals surface area contributed by atoms with Gasteiger partial charge in [0.1, 0.15) is 0 Å². The first-order chi connectivity index (χ1) is 9.41. The molecule has 3 unspecified atom stereocenters. The predicted octanol–water partition coefficient (Wildman–Crippen LogP) is 1.90. The molecule has 1 aromatic carbocycles. The molecule has 0 heterocycles. The van der Waals surface area contributed by atoms with Crippen molar-refractivity contribution < 1.29 is 13.5 Å². The molecule has 2 N–H and O–H groups in total. The molecular formula is C15H23NO3S. The number of benzene rings is 1. The first-order valence-electron chi connectivity index (χ1n) is 7.13. The molecule has 0 saturated heterocycles. The molecule has 1 aromatic rings. The molecule has 5 heteroatoms. The van der Waals surface area contributed by atoms with E-state index in [1.807, 2.05) is 0 Å². The first-order valence-corrected chi connectivity index (χ1v) is 9.02. The molecule has 2 rings (SSSR count). The van der Waals surface area contributed by atoms with Crippen molar-refractivity contribution in [3.05, 3.63) is 29.8 Å². The standard InChI is InChI=1S/C15H23NO3S/c1-3-4-12-9-14(12)16-10-15(17)11-5-7-13(8-6-11)20(2,18)19/h5-8,12,14-17H,3-4,9-10H2,1-2H3. The Balaban J connectivity index is 1.85. The van der Waals surface area contributed by atoms with E-state index in [1.54, 1.807) is 24.3 Å². The van der Waals surface area contributed by atoms with Crippen molar-refractivity contribution in [3.8, 4) is 0 Å². The summed E-state index contributed by atoms with van der Waals surface area (Å²) in [4.78, 5) is 0.284. The highest BCUT2D eigenvalue weighted by Crippen LogP contribution is 2.34. The largest absolute Gasteiger partial charge is 0.387 e. The lowest BCUT2D eigenvalue weighted by Gasteiger charge is -2.12. The van der Waals surface area contributed by atoms with E-state index in [-0.39, 0.29) is 4.90 Å². The normalized spacial score (nSPS) is 23.6. The number of rotatable bonds is 7. The van der Waals surface area contributed by atoms with Crippen molar-refractivity contribution in [1.82, 2.24) is 5.32 Å². The summed E-state index contributed by atoms with van der Waals surface area (Å²) in [5, 5.41) is 13.5. The first kappa shape index (κ1) is 15.5. The number of aliphatic hydroxyl groups excluding tert-OH is 1. The molecule has 112 valence electrons. The van der Waals surface area contributed by atoms with Gasteiger partial charge in [-0.25, -0.2) is 8.42 Å². The third-order valence-electron chi connectivity index (χ3n) is 3.85. The molecular weight excluding hydrogens is 274 g/mol. The van der Waals surface area contributed by atoms with Crippen molar-refractivity contribution in [2.45, 2.75) is 43.2 Å². The fourth-order valence-corrected chi connectivity index (χ4v) is 3.14. The van der Waals surface area contributed by atoms with Crippen LogP contribution < -0.4 is 5.32 Å². The maximum absolute atomic E-state index is 11.4. The second kappa shape index (κ2) is 6.24. The molecule has 1 saturated carbocycles. The van der Waals surface area contributed by atoms with Crippen molar-refractivity contribution >= 4 is 9.84 Å². The van der Waals surface area contributed by atoms with E-state index >= 15 is 0 Å². The predicted molar refractivity (Wildman–Crippen MR) is 79.3 cm³/mol. The number of aliphatic hydroxyl groups is 1. The number of hydrogen-bond acceptors (Lipinski definition) is 4. The second-order valence-corrected chi connectivity index (χ2v) is 7.67. The third-order valence-corrected chi connectivity index (χ3v) is 4.98. The van der Waals surface area contributed by atoms with Gasteiger partial charge >= 0.3 is 0 Å². The summed E-state index contributed by atoms with van der Waals surface area (Å²) >= 11 is 0. The van der Waals surface area contributed by atoms with Gasteiger partial charge in [0.15, 0.2) is 9.84 Å². The Kier molecular flexibility index (Phi) is 4.83. The minimum Gasteiger partial charge on any atom is -0.387 e. The van der Waals surface area contributed by atoms with Gasteiger partial charge < -0.3 is 10.4 Å². The fourth-order valence-electron chi connectivity index (χ4n) is 2.51. The molecule has 3 atom stereocenters. The van der Waals surface area contributed by atoms with Crippen LogP contribution in [0.25, 0.3) is 0 Å². The van der Waals surface area contributed by atoms with Crippen LogP contribution in [0.2, 0.25) is 0 Å². The van der Waals surface area contributed by atoms with Gasteiger partial charge in [-0.05, 0) is 36.5 Å². The molecule has 1 fully saturated rings. The Bertz CT molecular complexity index is 539. The van der Waals surface area contributed by atoms with E-state index in [1.165, 1.54) is 25.5 Å². The Hall–Kier alpha value is -0.910. The lowest BCUT2D eigenvalue weighted by atomic mass is 10.1. The van der Waals surface area contributed by atoms with Crippen LogP contribution >= 0.6 is 0 Å². The van der Waals surface area contributed by atoms with Gasteiger partial charge in [0.2, 0.25) is 0 Å². The lowest BCUT2D eigenvalue weighted by Crippen LogP contribution is -2.24. The van der Waals surface area contributed by atoms with Crippen LogP contribution in [0.15, 0.2) is 29.2 Å². The van der Waals surface area contributed by atoms with Crippen LogP contribution in [0.1, 0.15) is 37.9 Å². The monoisotopic (exact) mass is 297 g/mol. The van der Waals surface area contributed by atoms with Gasteiger partial charge in [0.05, 0.1) is 11.0 Å². The zero-order chi connectivity index (χ0) is 14.8. The van der Waals surface area contributed by atoms with E-state index in [4.69, 9.17) is 0 Å². The van der Waals surface area contributed by atoms with E-state index < -0.39 is 15.9 Å². The molecule has 0 aromatic heterocycles. The third kappa shape index (κ3) is 4.04. The molecule has 0 bridgehead atoms. The van der Waals surface area contributed by atoms with Crippen LogP contribution in [-0.4, -0.2) is 32.4 Å². The molecule has 4 nitrogen and oxygen atoms in total. The quantitative estimate of drug-likeness (QED) is 0.807. The van der Waals surface area contributed by atoms with Crippen molar-refractivity contribution in [3.63, 3.8) is 0 Å². The Morgan fingerprint density at radius 1 is 1.35 bits per heavy atom. The van der Waals surface area contributed by atoms with Gasteiger partial charge in [-0.3, -0.25) is 0 Å². The minimum absolute atomic E-state index is 0.284. The van der Waals surface area contributed by atoms with Crippen LogP contribution in [0.4, 0.5) is 0 Å². The van der Waals surface area contributed by atoms with E-state index in [0.717, 1.165) is 11.5 Å². The molecule has 0 spiro atoms. The van der Waals surface area contributed by atoms with Gasteiger partial charge in [0, 0.05) is 18.8 Å². The average molecular weight is 297 g/mol. The number of hydrogen-bond donors (Lipinski definition) is 2. The maximum atomic E-state index is 11.4. The van der Waals surface area contributed by atoms with Crippen LogP contribution in [0.3, 0.4) is 0 Å². The fraction of sp³-hybridized carbons (Fsp3) is 0.600. The smallest absolute Gasteiger partial charge is 0.175 e. The zero-order valence-corrected chi connectivity index (χ0v) is 12.9. The molecule has 1 aliphatic rings. The van der Waals surface area contributed by atoms with E-state index in [0.29, 0.717) is 12.6 Å². The molecule has 0 radical (unpaired) electrons. The highest BCUT2D eigenvalue weighted by molar-refractivity contribution is 7.90. The molecule has 0 amide bonds. The Morgan fingerprint density at radius 3 is 2.55 bits per heavy atom. The van der Waals surface area contributed by atoms with Crippen molar-refractivity contribution in [1.29, 1.82) is 0 Å². The average Bonchev–Trinajstić information content (AvgIpc) is 3.14. The molecule has 1 aliphatic carbocycles. The number of sulfone groups is 1. The van der Waals surface area contributed by atoms with Crippen LogP contribution in [-0.2, 0) is 9.84 Å². The molecule has 0 aliphatic heterocycles. The van der Waals surface area contributed by atoms with Crippen molar-refractivity contribution in [2.75, 3.05) is 12.8 Å². The summed E-state index contributed by atoms with van der Waals surface area (Å²) < 4.78 is 22.7. The Labute approximate surface area is 121 Å². The summed E-state index contributed by atoms with van der Waals surface area (Å²) in [6, 6.07) is 6.99. The highest BCUT2D eigenvalue weighted by Gasteiger charge is 2.35. The van der Waals surface area contributed by atoms with Crippen LogP contribution in [0, 0.1) is 5.92 Å². The second-order valence-electron chi connectivity index (χ2n) is 5.66. The summed E-state index contributed by atoms with van der Waals surface area (Å²) in [7, 11) is -3.17. The maximum Gasteiger partial charge on any atom is 0.175 e. The van der Waals surface area contributed by atoms with Crippen molar-refractivity contribution in [2.24, 2.45) is 5.92 Å².